The van der Waals surface area contributed by atoms with Gasteiger partial charge in [0.25, 0.3) is 11.8 Å². The number of amides is 2. The molecule has 0 aliphatic carbocycles. The van der Waals surface area contributed by atoms with Crippen LogP contribution in [0.1, 0.15) is 31.9 Å². The third-order valence-electron chi connectivity index (χ3n) is 5.74. The maximum Gasteiger partial charge on any atom is 0.259 e. The van der Waals surface area contributed by atoms with Crippen molar-refractivity contribution in [2.24, 2.45) is 0 Å². The first kappa shape index (κ1) is 25.3. The van der Waals surface area contributed by atoms with Crippen LogP contribution in [0.4, 0.5) is 0 Å². The quantitative estimate of drug-likeness (QED) is 0.454. The molecule has 3 rings (SSSR count). The first-order valence-corrected chi connectivity index (χ1v) is 11.0. The molecule has 0 saturated carbocycles. The van der Waals surface area contributed by atoms with Gasteiger partial charge in [0.05, 0.1) is 33.5 Å². The Bertz CT molecular complexity index is 1070. The number of methoxy groups -OCH3 is 3. The van der Waals surface area contributed by atoms with Crippen molar-refractivity contribution < 1.29 is 28.9 Å². The largest absolute Gasteiger partial charge is 0.493 e. The highest BCUT2D eigenvalue weighted by atomic mass is 16.5. The standard InChI is InChI=1S/C26H32N2O6/c1-25(2,3)28-23(30)19(14-17-10-8-7-9-11-17)26(24(28)31,27-12-13-29)18-15-20(32-4)22(34-6)21(16-18)33-5/h7-11,14-16,27,29H,12-13H2,1-6H3/b19-14+. The van der Waals surface area contributed by atoms with Crippen molar-refractivity contribution in [3.05, 3.63) is 59.2 Å². The van der Waals surface area contributed by atoms with E-state index in [2.05, 4.69) is 5.32 Å². The van der Waals surface area contributed by atoms with Crippen LogP contribution in [0, 0.1) is 0 Å². The van der Waals surface area contributed by atoms with Crippen LogP contribution in [0.2, 0.25) is 0 Å². The highest BCUT2D eigenvalue weighted by Crippen LogP contribution is 2.47. The van der Waals surface area contributed by atoms with Gasteiger partial charge in [0, 0.05) is 12.1 Å². The number of aliphatic hydroxyl groups excluding tert-OH is 1. The third-order valence-corrected chi connectivity index (χ3v) is 5.74. The number of hydrogen-bond acceptors (Lipinski definition) is 7. The Morgan fingerprint density at radius 3 is 2.06 bits per heavy atom. The number of carbonyl (C=O) groups is 2. The molecule has 8 heteroatoms. The molecule has 1 saturated heterocycles. The molecule has 2 aromatic carbocycles. The van der Waals surface area contributed by atoms with E-state index in [1.807, 2.05) is 30.3 Å². The fourth-order valence-electron chi connectivity index (χ4n) is 4.24. The lowest BCUT2D eigenvalue weighted by Crippen LogP contribution is -2.54. The fraction of sp³-hybridized carbons (Fsp3) is 0.385. The summed E-state index contributed by atoms with van der Waals surface area (Å²) in [6.45, 7) is 5.25. The van der Waals surface area contributed by atoms with E-state index < -0.39 is 22.9 Å². The van der Waals surface area contributed by atoms with Crippen molar-refractivity contribution in [1.82, 2.24) is 10.2 Å². The summed E-state index contributed by atoms with van der Waals surface area (Å²) in [4.78, 5) is 29.2. The number of hydrogen-bond donors (Lipinski definition) is 2. The van der Waals surface area contributed by atoms with Crippen LogP contribution in [-0.2, 0) is 15.1 Å². The van der Waals surface area contributed by atoms with Crippen molar-refractivity contribution in [3.8, 4) is 17.2 Å². The molecule has 2 aromatic rings. The molecule has 0 spiro atoms. The van der Waals surface area contributed by atoms with E-state index in [0.29, 0.717) is 22.8 Å². The summed E-state index contributed by atoms with van der Waals surface area (Å²) in [5.74, 6) is 0.186. The smallest absolute Gasteiger partial charge is 0.259 e. The molecule has 1 heterocycles. The average molecular weight is 469 g/mol. The van der Waals surface area contributed by atoms with Crippen LogP contribution < -0.4 is 19.5 Å². The van der Waals surface area contributed by atoms with Gasteiger partial charge in [-0.05, 0) is 50.1 Å². The Kier molecular flexibility index (Phi) is 7.33. The van der Waals surface area contributed by atoms with Crippen LogP contribution in [0.5, 0.6) is 17.2 Å². The summed E-state index contributed by atoms with van der Waals surface area (Å²) >= 11 is 0. The average Bonchev–Trinajstić information content (AvgIpc) is 3.03. The zero-order valence-corrected chi connectivity index (χ0v) is 20.5. The number of nitrogens with one attached hydrogen (secondary N) is 1. The number of imide groups is 1. The second-order valence-corrected chi connectivity index (χ2v) is 8.90. The lowest BCUT2D eigenvalue weighted by atomic mass is 9.82. The SMILES string of the molecule is COc1cc(C2(NCCO)C(=O)N(C(C)(C)C)C(=O)/C2=C\c2ccccc2)cc(OC)c1OC. The molecule has 1 aliphatic rings. The van der Waals surface area contributed by atoms with E-state index >= 15 is 0 Å². The van der Waals surface area contributed by atoms with E-state index in [-0.39, 0.29) is 18.7 Å². The van der Waals surface area contributed by atoms with Gasteiger partial charge in [0.1, 0.15) is 0 Å². The Morgan fingerprint density at radius 1 is 1.00 bits per heavy atom. The molecule has 1 unspecified atom stereocenters. The Morgan fingerprint density at radius 2 is 1.59 bits per heavy atom. The lowest BCUT2D eigenvalue weighted by molar-refractivity contribution is -0.145. The van der Waals surface area contributed by atoms with E-state index in [1.54, 1.807) is 39.0 Å². The molecule has 0 aromatic heterocycles. The Hall–Kier alpha value is -3.36. The molecule has 0 bridgehead atoms. The summed E-state index contributed by atoms with van der Waals surface area (Å²) in [7, 11) is 4.46. The summed E-state index contributed by atoms with van der Waals surface area (Å²) in [6.07, 6.45) is 1.71. The first-order chi connectivity index (χ1) is 16.1. The highest BCUT2D eigenvalue weighted by Gasteiger charge is 2.59. The van der Waals surface area contributed by atoms with Crippen LogP contribution in [0.25, 0.3) is 6.08 Å². The van der Waals surface area contributed by atoms with Gasteiger partial charge in [0.2, 0.25) is 5.75 Å². The number of benzene rings is 2. The number of nitrogens with zero attached hydrogens (tertiary/aromatic N) is 1. The zero-order valence-electron chi connectivity index (χ0n) is 20.5. The fourth-order valence-corrected chi connectivity index (χ4v) is 4.24. The van der Waals surface area contributed by atoms with Gasteiger partial charge >= 0.3 is 0 Å². The zero-order chi connectivity index (χ0) is 25.1. The number of rotatable bonds is 8. The van der Waals surface area contributed by atoms with E-state index in [1.165, 1.54) is 26.2 Å². The maximum absolute atomic E-state index is 14.2. The van der Waals surface area contributed by atoms with Crippen molar-refractivity contribution in [2.75, 3.05) is 34.5 Å². The predicted octanol–water partition coefficient (Wildman–Crippen LogP) is 2.74. The number of carbonyl (C=O) groups excluding carboxylic acids is 2. The third kappa shape index (κ3) is 4.26. The molecule has 1 atom stereocenters. The summed E-state index contributed by atoms with van der Waals surface area (Å²) in [6, 6.07) is 12.6. The van der Waals surface area contributed by atoms with E-state index in [0.717, 1.165) is 5.56 Å². The minimum Gasteiger partial charge on any atom is -0.493 e. The van der Waals surface area contributed by atoms with E-state index in [9.17, 15) is 14.7 Å². The first-order valence-electron chi connectivity index (χ1n) is 11.0. The van der Waals surface area contributed by atoms with Crippen LogP contribution in [0.15, 0.2) is 48.0 Å². The summed E-state index contributed by atoms with van der Waals surface area (Å²) < 4.78 is 16.5. The number of aliphatic hydroxyl groups is 1. The van der Waals surface area contributed by atoms with Crippen LogP contribution in [-0.4, -0.2) is 61.8 Å². The van der Waals surface area contributed by atoms with Gasteiger partial charge in [-0.15, -0.1) is 0 Å². The van der Waals surface area contributed by atoms with Gasteiger partial charge in [-0.1, -0.05) is 30.3 Å². The van der Waals surface area contributed by atoms with Gasteiger partial charge < -0.3 is 19.3 Å². The van der Waals surface area contributed by atoms with Gasteiger partial charge in [-0.25, -0.2) is 0 Å². The molecule has 182 valence electrons. The number of ether oxygens (including phenoxy) is 3. The van der Waals surface area contributed by atoms with Crippen LogP contribution >= 0.6 is 0 Å². The molecule has 2 amide bonds. The van der Waals surface area contributed by atoms with Gasteiger partial charge in [-0.3, -0.25) is 19.8 Å². The predicted molar refractivity (Wildman–Crippen MR) is 129 cm³/mol. The summed E-state index contributed by atoms with van der Waals surface area (Å²) in [5, 5.41) is 12.8. The van der Waals surface area contributed by atoms with Gasteiger partial charge in [-0.2, -0.15) is 0 Å². The Balaban J connectivity index is 2.40. The lowest BCUT2D eigenvalue weighted by Gasteiger charge is -2.34. The molecule has 8 nitrogen and oxygen atoms in total. The van der Waals surface area contributed by atoms with Crippen molar-refractivity contribution in [2.45, 2.75) is 31.8 Å². The van der Waals surface area contributed by atoms with Crippen molar-refractivity contribution >= 4 is 17.9 Å². The molecule has 2 N–H and O–H groups in total. The minimum absolute atomic E-state index is 0.0692. The summed E-state index contributed by atoms with van der Waals surface area (Å²) in [5.41, 5.74) is -0.940. The minimum atomic E-state index is -1.59. The monoisotopic (exact) mass is 468 g/mol. The molecule has 1 fully saturated rings. The van der Waals surface area contributed by atoms with E-state index in [4.69, 9.17) is 14.2 Å². The highest BCUT2D eigenvalue weighted by molar-refractivity contribution is 6.22. The normalized spacial score (nSPS) is 19.6. The topological polar surface area (TPSA) is 97.3 Å². The van der Waals surface area contributed by atoms with Crippen molar-refractivity contribution in [1.29, 1.82) is 0 Å². The second-order valence-electron chi connectivity index (χ2n) is 8.90. The molecule has 34 heavy (non-hydrogen) atoms. The molecular formula is C26H32N2O6. The maximum atomic E-state index is 14.2. The Labute approximate surface area is 200 Å². The molecular weight excluding hydrogens is 436 g/mol. The second kappa shape index (κ2) is 9.87. The number of likely N-dealkylation sites (tertiary alicyclic amines) is 1. The molecule has 1 aliphatic heterocycles. The van der Waals surface area contributed by atoms with Crippen molar-refractivity contribution in [3.63, 3.8) is 0 Å². The van der Waals surface area contributed by atoms with Crippen LogP contribution in [0.3, 0.4) is 0 Å². The van der Waals surface area contributed by atoms with Gasteiger partial charge in [0.15, 0.2) is 17.0 Å². The molecule has 0 radical (unpaired) electrons.